The fourth-order valence-corrected chi connectivity index (χ4v) is 1.57. The minimum atomic E-state index is -0.455. The molecule has 2 amide bonds. The van der Waals surface area contributed by atoms with Crippen LogP contribution in [0.25, 0.3) is 0 Å². The standard InChI is InChI=1S/C10H11N3O3/c14-8-4-6(5-12-8)13-10(16)7-2-1-3-11-9(7)15/h1-3,6H,4-5H2,(H,11,15)(H,12,14)(H,13,16). The summed E-state index contributed by atoms with van der Waals surface area (Å²) in [6.07, 6.45) is 1.72. The van der Waals surface area contributed by atoms with E-state index < -0.39 is 11.5 Å². The van der Waals surface area contributed by atoms with E-state index in [-0.39, 0.29) is 23.9 Å². The number of carbonyl (C=O) groups is 2. The zero-order valence-electron chi connectivity index (χ0n) is 8.45. The van der Waals surface area contributed by atoms with Crippen LogP contribution in [0.4, 0.5) is 0 Å². The van der Waals surface area contributed by atoms with Gasteiger partial charge in [0.1, 0.15) is 5.56 Å². The first-order valence-corrected chi connectivity index (χ1v) is 4.92. The van der Waals surface area contributed by atoms with E-state index in [1.54, 1.807) is 6.07 Å². The second-order valence-electron chi connectivity index (χ2n) is 3.59. The number of amides is 2. The summed E-state index contributed by atoms with van der Waals surface area (Å²) < 4.78 is 0. The van der Waals surface area contributed by atoms with Gasteiger partial charge in [-0.25, -0.2) is 0 Å². The molecule has 0 aromatic carbocycles. The molecule has 84 valence electrons. The minimum Gasteiger partial charge on any atom is -0.354 e. The Labute approximate surface area is 91.1 Å². The molecule has 1 unspecified atom stereocenters. The van der Waals surface area contributed by atoms with Gasteiger partial charge in [0.25, 0.3) is 11.5 Å². The predicted molar refractivity (Wildman–Crippen MR) is 55.9 cm³/mol. The van der Waals surface area contributed by atoms with Crippen LogP contribution < -0.4 is 16.2 Å². The van der Waals surface area contributed by atoms with Crippen molar-refractivity contribution in [2.24, 2.45) is 0 Å². The molecule has 2 heterocycles. The Kier molecular flexibility index (Phi) is 2.72. The normalized spacial score (nSPS) is 19.2. The molecule has 0 saturated carbocycles. The van der Waals surface area contributed by atoms with Crippen molar-refractivity contribution in [3.8, 4) is 0 Å². The van der Waals surface area contributed by atoms with E-state index in [2.05, 4.69) is 15.6 Å². The van der Waals surface area contributed by atoms with E-state index in [4.69, 9.17) is 0 Å². The molecule has 1 aliphatic rings. The second kappa shape index (κ2) is 4.18. The van der Waals surface area contributed by atoms with Gasteiger partial charge in [0.15, 0.2) is 0 Å². The fourth-order valence-electron chi connectivity index (χ4n) is 1.57. The van der Waals surface area contributed by atoms with Crippen molar-refractivity contribution < 1.29 is 9.59 Å². The van der Waals surface area contributed by atoms with Crippen LogP contribution in [0.2, 0.25) is 0 Å². The van der Waals surface area contributed by atoms with Gasteiger partial charge >= 0.3 is 0 Å². The van der Waals surface area contributed by atoms with Gasteiger partial charge in [0.05, 0.1) is 6.04 Å². The van der Waals surface area contributed by atoms with Crippen molar-refractivity contribution in [2.75, 3.05) is 6.54 Å². The number of H-pyrrole nitrogens is 1. The molecule has 1 fully saturated rings. The lowest BCUT2D eigenvalue weighted by Gasteiger charge is -2.09. The lowest BCUT2D eigenvalue weighted by Crippen LogP contribution is -2.38. The highest BCUT2D eigenvalue weighted by Gasteiger charge is 2.23. The number of rotatable bonds is 2. The second-order valence-corrected chi connectivity index (χ2v) is 3.59. The first-order chi connectivity index (χ1) is 7.66. The molecular weight excluding hydrogens is 210 g/mol. The zero-order valence-corrected chi connectivity index (χ0v) is 8.45. The SMILES string of the molecule is O=C1CC(NC(=O)c2ccc[nH]c2=O)CN1. The molecule has 0 bridgehead atoms. The number of nitrogens with one attached hydrogen (secondary N) is 3. The summed E-state index contributed by atoms with van der Waals surface area (Å²) in [5.74, 6) is -0.546. The summed E-state index contributed by atoms with van der Waals surface area (Å²) in [5.41, 5.74) is -0.376. The molecule has 1 aromatic rings. The molecule has 3 N–H and O–H groups in total. The van der Waals surface area contributed by atoms with Gasteiger partial charge < -0.3 is 15.6 Å². The number of carbonyl (C=O) groups excluding carboxylic acids is 2. The molecular formula is C10H11N3O3. The highest BCUT2D eigenvalue weighted by molar-refractivity contribution is 5.94. The van der Waals surface area contributed by atoms with Crippen LogP contribution in [-0.4, -0.2) is 29.4 Å². The molecule has 0 spiro atoms. The van der Waals surface area contributed by atoms with Crippen LogP contribution in [-0.2, 0) is 4.79 Å². The highest BCUT2D eigenvalue weighted by atomic mass is 16.2. The predicted octanol–water partition coefficient (Wildman–Crippen LogP) is -1.01. The molecule has 2 rings (SSSR count). The number of aromatic nitrogens is 1. The molecule has 1 aliphatic heterocycles. The monoisotopic (exact) mass is 221 g/mol. The maximum atomic E-state index is 11.7. The summed E-state index contributed by atoms with van der Waals surface area (Å²) in [6, 6.07) is 2.78. The first-order valence-electron chi connectivity index (χ1n) is 4.92. The van der Waals surface area contributed by atoms with Gasteiger partial charge in [-0.1, -0.05) is 0 Å². The third-order valence-electron chi connectivity index (χ3n) is 2.38. The van der Waals surface area contributed by atoms with E-state index >= 15 is 0 Å². The summed E-state index contributed by atoms with van der Waals surface area (Å²) in [7, 11) is 0. The number of pyridine rings is 1. The number of hydrogen-bond acceptors (Lipinski definition) is 3. The van der Waals surface area contributed by atoms with Crippen molar-refractivity contribution in [2.45, 2.75) is 12.5 Å². The van der Waals surface area contributed by atoms with Crippen molar-refractivity contribution in [3.63, 3.8) is 0 Å². The number of aromatic amines is 1. The van der Waals surface area contributed by atoms with Crippen LogP contribution in [0.1, 0.15) is 16.8 Å². The molecule has 0 radical (unpaired) electrons. The first kappa shape index (κ1) is 10.4. The fraction of sp³-hybridized carbons (Fsp3) is 0.300. The van der Waals surface area contributed by atoms with Crippen LogP contribution in [0.5, 0.6) is 0 Å². The molecule has 16 heavy (non-hydrogen) atoms. The Bertz CT molecular complexity index is 480. The van der Waals surface area contributed by atoms with E-state index in [0.29, 0.717) is 6.54 Å². The van der Waals surface area contributed by atoms with Gasteiger partial charge in [-0.05, 0) is 12.1 Å². The van der Waals surface area contributed by atoms with Gasteiger partial charge in [0.2, 0.25) is 5.91 Å². The molecule has 0 aliphatic carbocycles. The Balaban J connectivity index is 2.06. The Morgan fingerprint density at radius 1 is 1.44 bits per heavy atom. The summed E-state index contributed by atoms with van der Waals surface area (Å²) >= 11 is 0. The average molecular weight is 221 g/mol. The largest absolute Gasteiger partial charge is 0.354 e. The molecule has 6 nitrogen and oxygen atoms in total. The lowest BCUT2D eigenvalue weighted by molar-refractivity contribution is -0.119. The van der Waals surface area contributed by atoms with Crippen LogP contribution in [0.15, 0.2) is 23.1 Å². The van der Waals surface area contributed by atoms with Gasteiger partial charge in [-0.3, -0.25) is 14.4 Å². The smallest absolute Gasteiger partial charge is 0.260 e. The third kappa shape index (κ3) is 2.10. The molecule has 1 aromatic heterocycles. The highest BCUT2D eigenvalue weighted by Crippen LogP contribution is 2.00. The number of hydrogen-bond donors (Lipinski definition) is 3. The molecule has 1 atom stereocenters. The quantitative estimate of drug-likeness (QED) is 0.597. The maximum absolute atomic E-state index is 11.7. The van der Waals surface area contributed by atoms with E-state index in [9.17, 15) is 14.4 Å². The summed E-state index contributed by atoms with van der Waals surface area (Å²) in [4.78, 5) is 36.3. The van der Waals surface area contributed by atoms with Crippen LogP contribution in [0.3, 0.4) is 0 Å². The van der Waals surface area contributed by atoms with E-state index in [1.807, 2.05) is 0 Å². The van der Waals surface area contributed by atoms with Gasteiger partial charge in [-0.15, -0.1) is 0 Å². The Morgan fingerprint density at radius 2 is 2.25 bits per heavy atom. The molecule has 6 heteroatoms. The van der Waals surface area contributed by atoms with Gasteiger partial charge in [-0.2, -0.15) is 0 Å². The van der Waals surface area contributed by atoms with Crippen LogP contribution in [0, 0.1) is 0 Å². The van der Waals surface area contributed by atoms with Crippen LogP contribution >= 0.6 is 0 Å². The zero-order chi connectivity index (χ0) is 11.5. The topological polar surface area (TPSA) is 91.1 Å². The van der Waals surface area contributed by atoms with E-state index in [1.165, 1.54) is 12.3 Å². The minimum absolute atomic E-state index is 0.0573. The average Bonchev–Trinajstić information content (AvgIpc) is 2.64. The van der Waals surface area contributed by atoms with Crippen molar-refractivity contribution in [3.05, 3.63) is 34.2 Å². The summed E-state index contributed by atoms with van der Waals surface area (Å²) in [6.45, 7) is 0.412. The van der Waals surface area contributed by atoms with Gasteiger partial charge in [0, 0.05) is 19.2 Å². The molecule has 1 saturated heterocycles. The maximum Gasteiger partial charge on any atom is 0.260 e. The Morgan fingerprint density at radius 3 is 2.88 bits per heavy atom. The lowest BCUT2D eigenvalue weighted by atomic mass is 10.2. The van der Waals surface area contributed by atoms with Crippen molar-refractivity contribution in [1.29, 1.82) is 0 Å². The summed E-state index contributed by atoms with van der Waals surface area (Å²) in [5, 5.41) is 5.23. The van der Waals surface area contributed by atoms with Crippen molar-refractivity contribution >= 4 is 11.8 Å². The third-order valence-corrected chi connectivity index (χ3v) is 2.38. The van der Waals surface area contributed by atoms with E-state index in [0.717, 1.165) is 0 Å². The van der Waals surface area contributed by atoms with Crippen molar-refractivity contribution in [1.82, 2.24) is 15.6 Å². The Hall–Kier alpha value is -2.11.